The van der Waals surface area contributed by atoms with Gasteiger partial charge in [-0.05, 0) is 48.5 Å². The second-order valence-electron chi connectivity index (χ2n) is 6.17. The van der Waals surface area contributed by atoms with Crippen molar-refractivity contribution in [1.82, 2.24) is 4.90 Å². The third-order valence-corrected chi connectivity index (χ3v) is 4.35. The zero-order chi connectivity index (χ0) is 18.5. The molecule has 0 aliphatic carbocycles. The van der Waals surface area contributed by atoms with Crippen LogP contribution in [-0.4, -0.2) is 54.6 Å². The fourth-order valence-corrected chi connectivity index (χ4v) is 2.92. The fraction of sp³-hybridized carbons (Fsp3) is 0.263. The van der Waals surface area contributed by atoms with Crippen LogP contribution in [0.15, 0.2) is 48.5 Å². The lowest BCUT2D eigenvalue weighted by molar-refractivity contribution is -0.117. The van der Waals surface area contributed by atoms with Gasteiger partial charge in [0.1, 0.15) is 5.82 Å². The summed E-state index contributed by atoms with van der Waals surface area (Å²) in [6.45, 7) is 3.29. The number of amides is 1. The number of piperazine rings is 1. The number of aromatic carboxylic acids is 1. The second kappa shape index (κ2) is 7.97. The van der Waals surface area contributed by atoms with Crippen LogP contribution in [0.1, 0.15) is 10.4 Å². The Bertz CT molecular complexity index is 770. The van der Waals surface area contributed by atoms with Crippen molar-refractivity contribution in [3.63, 3.8) is 0 Å². The summed E-state index contributed by atoms with van der Waals surface area (Å²) in [5.74, 6) is -1.38. The van der Waals surface area contributed by atoms with Crippen molar-refractivity contribution in [3.8, 4) is 0 Å². The van der Waals surface area contributed by atoms with E-state index in [1.807, 2.05) is 0 Å². The Morgan fingerprint density at radius 3 is 2.15 bits per heavy atom. The summed E-state index contributed by atoms with van der Waals surface area (Å²) in [6, 6.07) is 12.5. The highest BCUT2D eigenvalue weighted by molar-refractivity contribution is 5.93. The van der Waals surface area contributed by atoms with E-state index < -0.39 is 5.97 Å². The molecule has 0 spiro atoms. The molecule has 1 aliphatic heterocycles. The van der Waals surface area contributed by atoms with Crippen LogP contribution in [0.2, 0.25) is 0 Å². The van der Waals surface area contributed by atoms with Crippen molar-refractivity contribution in [1.29, 1.82) is 0 Å². The van der Waals surface area contributed by atoms with E-state index in [2.05, 4.69) is 15.1 Å². The minimum atomic E-state index is -0.998. The third-order valence-electron chi connectivity index (χ3n) is 4.35. The van der Waals surface area contributed by atoms with Crippen molar-refractivity contribution >= 4 is 23.3 Å². The van der Waals surface area contributed by atoms with Crippen molar-refractivity contribution in [2.45, 2.75) is 0 Å². The lowest BCUT2D eigenvalue weighted by atomic mass is 10.2. The van der Waals surface area contributed by atoms with Gasteiger partial charge in [0.15, 0.2) is 0 Å². The maximum atomic E-state index is 13.0. The molecular formula is C19H20FN3O3. The summed E-state index contributed by atoms with van der Waals surface area (Å²) < 4.78 is 13.0. The van der Waals surface area contributed by atoms with Gasteiger partial charge in [-0.3, -0.25) is 9.69 Å². The lowest BCUT2D eigenvalue weighted by Crippen LogP contribution is -2.48. The molecule has 1 amide bonds. The van der Waals surface area contributed by atoms with Crippen LogP contribution in [0.25, 0.3) is 0 Å². The smallest absolute Gasteiger partial charge is 0.335 e. The van der Waals surface area contributed by atoms with Crippen LogP contribution in [0.3, 0.4) is 0 Å². The largest absolute Gasteiger partial charge is 0.478 e. The molecular weight excluding hydrogens is 337 g/mol. The molecule has 1 heterocycles. The molecule has 1 aliphatic rings. The van der Waals surface area contributed by atoms with Gasteiger partial charge in [-0.1, -0.05) is 0 Å². The van der Waals surface area contributed by atoms with E-state index in [0.717, 1.165) is 31.9 Å². The Balaban J connectivity index is 1.47. The third kappa shape index (κ3) is 4.58. The summed E-state index contributed by atoms with van der Waals surface area (Å²) in [7, 11) is 0. The summed E-state index contributed by atoms with van der Waals surface area (Å²) >= 11 is 0. The van der Waals surface area contributed by atoms with Gasteiger partial charge in [-0.15, -0.1) is 0 Å². The van der Waals surface area contributed by atoms with Gasteiger partial charge < -0.3 is 15.3 Å². The van der Waals surface area contributed by atoms with Crippen molar-refractivity contribution in [2.75, 3.05) is 42.9 Å². The molecule has 1 saturated heterocycles. The lowest BCUT2D eigenvalue weighted by Gasteiger charge is -2.35. The molecule has 2 aromatic rings. The molecule has 2 N–H and O–H groups in total. The number of halogens is 1. The van der Waals surface area contributed by atoms with Crippen LogP contribution in [-0.2, 0) is 4.79 Å². The number of carboxylic acid groups (broad SMARTS) is 1. The Morgan fingerprint density at radius 2 is 1.58 bits per heavy atom. The number of hydrogen-bond acceptors (Lipinski definition) is 4. The molecule has 136 valence electrons. The number of rotatable bonds is 5. The predicted octanol–water partition coefficient (Wildman–Crippen LogP) is 2.28. The first-order chi connectivity index (χ1) is 12.5. The van der Waals surface area contributed by atoms with Crippen LogP contribution in [0, 0.1) is 5.82 Å². The molecule has 0 bridgehead atoms. The van der Waals surface area contributed by atoms with Gasteiger partial charge in [-0.25, -0.2) is 9.18 Å². The first-order valence-electron chi connectivity index (χ1n) is 8.37. The highest BCUT2D eigenvalue weighted by Crippen LogP contribution is 2.17. The Hall–Kier alpha value is -2.93. The number of anilines is 2. The number of hydrogen-bond donors (Lipinski definition) is 2. The van der Waals surface area contributed by atoms with Gasteiger partial charge in [0, 0.05) is 37.6 Å². The first kappa shape index (κ1) is 17.9. The van der Waals surface area contributed by atoms with E-state index in [0.29, 0.717) is 5.69 Å². The quantitative estimate of drug-likeness (QED) is 0.859. The van der Waals surface area contributed by atoms with Crippen molar-refractivity contribution in [3.05, 3.63) is 59.9 Å². The van der Waals surface area contributed by atoms with E-state index in [9.17, 15) is 14.0 Å². The van der Waals surface area contributed by atoms with Crippen LogP contribution in [0.5, 0.6) is 0 Å². The fourth-order valence-electron chi connectivity index (χ4n) is 2.92. The average molecular weight is 357 g/mol. The number of benzene rings is 2. The summed E-state index contributed by atoms with van der Waals surface area (Å²) in [4.78, 5) is 27.2. The van der Waals surface area contributed by atoms with Crippen molar-refractivity contribution < 1.29 is 19.1 Å². The minimum Gasteiger partial charge on any atom is -0.478 e. The minimum absolute atomic E-state index is 0.136. The Morgan fingerprint density at radius 1 is 0.962 bits per heavy atom. The maximum absolute atomic E-state index is 13.0. The van der Waals surface area contributed by atoms with Gasteiger partial charge in [-0.2, -0.15) is 0 Å². The van der Waals surface area contributed by atoms with Gasteiger partial charge >= 0.3 is 5.97 Å². The number of nitrogens with one attached hydrogen (secondary N) is 1. The van der Waals surface area contributed by atoms with Crippen LogP contribution >= 0.6 is 0 Å². The number of carboxylic acids is 1. The van der Waals surface area contributed by atoms with Gasteiger partial charge in [0.25, 0.3) is 0 Å². The SMILES string of the molecule is O=C(CN1CCN(c2ccc(F)cc2)CC1)Nc1ccc(C(=O)O)cc1. The Labute approximate surface area is 150 Å². The highest BCUT2D eigenvalue weighted by Gasteiger charge is 2.19. The predicted molar refractivity (Wildman–Crippen MR) is 97.1 cm³/mol. The maximum Gasteiger partial charge on any atom is 0.335 e. The van der Waals surface area contributed by atoms with E-state index in [1.165, 1.54) is 24.3 Å². The molecule has 3 rings (SSSR count). The molecule has 6 nitrogen and oxygen atoms in total. The van der Waals surface area contributed by atoms with Crippen LogP contribution < -0.4 is 10.2 Å². The molecule has 0 unspecified atom stereocenters. The molecule has 0 radical (unpaired) electrons. The summed E-state index contributed by atoms with van der Waals surface area (Å²) in [5.41, 5.74) is 1.74. The first-order valence-corrected chi connectivity index (χ1v) is 8.37. The topological polar surface area (TPSA) is 72.9 Å². The molecule has 1 fully saturated rings. The monoisotopic (exact) mass is 357 g/mol. The number of carbonyl (C=O) groups is 2. The second-order valence-corrected chi connectivity index (χ2v) is 6.17. The summed E-state index contributed by atoms with van der Waals surface area (Å²) in [6.07, 6.45) is 0. The molecule has 7 heteroatoms. The van der Waals surface area contributed by atoms with E-state index >= 15 is 0 Å². The van der Waals surface area contributed by atoms with Gasteiger partial charge in [0.2, 0.25) is 5.91 Å². The standard InChI is InChI=1S/C19H20FN3O3/c20-15-3-7-17(8-4-15)23-11-9-22(10-12-23)13-18(24)21-16-5-1-14(2-6-16)19(25)26/h1-8H,9-13H2,(H,21,24)(H,25,26). The molecule has 2 aromatic carbocycles. The highest BCUT2D eigenvalue weighted by atomic mass is 19.1. The molecule has 26 heavy (non-hydrogen) atoms. The molecule has 0 atom stereocenters. The van der Waals surface area contributed by atoms with E-state index in [1.54, 1.807) is 24.3 Å². The van der Waals surface area contributed by atoms with Gasteiger partial charge in [0.05, 0.1) is 12.1 Å². The zero-order valence-electron chi connectivity index (χ0n) is 14.2. The average Bonchev–Trinajstić information content (AvgIpc) is 2.63. The Kier molecular flexibility index (Phi) is 5.48. The zero-order valence-corrected chi connectivity index (χ0v) is 14.2. The van der Waals surface area contributed by atoms with Crippen molar-refractivity contribution in [2.24, 2.45) is 0 Å². The normalized spacial score (nSPS) is 14.9. The van der Waals surface area contributed by atoms with E-state index in [-0.39, 0.29) is 23.8 Å². The molecule has 0 saturated carbocycles. The van der Waals surface area contributed by atoms with E-state index in [4.69, 9.17) is 5.11 Å². The van der Waals surface area contributed by atoms with Crippen LogP contribution in [0.4, 0.5) is 15.8 Å². The summed E-state index contributed by atoms with van der Waals surface area (Å²) in [5, 5.41) is 11.7. The number of nitrogens with zero attached hydrogens (tertiary/aromatic N) is 2. The number of carbonyl (C=O) groups excluding carboxylic acids is 1. The molecule has 0 aromatic heterocycles.